The van der Waals surface area contributed by atoms with Crippen molar-refractivity contribution in [2.75, 3.05) is 0 Å². The Kier molecular flexibility index (Phi) is 3.27. The molecule has 1 N–H and O–H groups in total. The third-order valence-corrected chi connectivity index (χ3v) is 4.73. The molecular weight excluding hydrogens is 296 g/mol. The van der Waals surface area contributed by atoms with Crippen molar-refractivity contribution < 1.29 is 9.32 Å². The molecule has 0 saturated heterocycles. The van der Waals surface area contributed by atoms with Crippen molar-refractivity contribution in [1.82, 2.24) is 10.5 Å². The first-order valence-corrected chi connectivity index (χ1v) is 8.05. The van der Waals surface area contributed by atoms with Crippen molar-refractivity contribution in [3.8, 4) is 10.6 Å². The smallest absolute Gasteiger partial charge is 0.273 e. The molecule has 1 saturated carbocycles. The lowest BCUT2D eigenvalue weighted by Gasteiger charge is -2.02. The van der Waals surface area contributed by atoms with Gasteiger partial charge in [0.05, 0.1) is 4.88 Å². The maximum atomic E-state index is 12.2. The van der Waals surface area contributed by atoms with Gasteiger partial charge in [0, 0.05) is 18.0 Å². The van der Waals surface area contributed by atoms with Crippen LogP contribution >= 0.6 is 11.3 Å². The molecule has 1 aliphatic carbocycles. The van der Waals surface area contributed by atoms with Crippen molar-refractivity contribution in [3.05, 3.63) is 65.2 Å². The monoisotopic (exact) mass is 310 g/mol. The third kappa shape index (κ3) is 2.55. The lowest BCUT2D eigenvalue weighted by molar-refractivity contribution is 0.0941. The van der Waals surface area contributed by atoms with Gasteiger partial charge in [-0.2, -0.15) is 0 Å². The summed E-state index contributed by atoms with van der Waals surface area (Å²) in [4.78, 5) is 13.2. The van der Waals surface area contributed by atoms with E-state index < -0.39 is 0 Å². The van der Waals surface area contributed by atoms with Crippen molar-refractivity contribution in [3.63, 3.8) is 0 Å². The molecule has 1 aromatic carbocycles. The Labute approximate surface area is 131 Å². The van der Waals surface area contributed by atoms with Crippen molar-refractivity contribution >= 4 is 17.2 Å². The first-order valence-electron chi connectivity index (χ1n) is 7.17. The number of rotatable bonds is 4. The summed E-state index contributed by atoms with van der Waals surface area (Å²) in [6, 6.07) is 16.0. The molecule has 1 fully saturated rings. The summed E-state index contributed by atoms with van der Waals surface area (Å²) in [6.07, 6.45) is 0.978. The van der Waals surface area contributed by atoms with Crippen LogP contribution in [0.2, 0.25) is 0 Å². The minimum absolute atomic E-state index is 0.171. The molecule has 110 valence electrons. The molecule has 4 rings (SSSR count). The average molecular weight is 310 g/mol. The Morgan fingerprint density at radius 1 is 1.23 bits per heavy atom. The van der Waals surface area contributed by atoms with E-state index in [2.05, 4.69) is 22.6 Å². The summed E-state index contributed by atoms with van der Waals surface area (Å²) in [5.74, 6) is 0.874. The van der Waals surface area contributed by atoms with E-state index in [1.165, 1.54) is 5.56 Å². The largest absolute Gasteiger partial charge is 0.355 e. The summed E-state index contributed by atoms with van der Waals surface area (Å²) in [5, 5.41) is 8.85. The number of nitrogens with one attached hydrogen (secondary N) is 1. The average Bonchev–Trinajstić information content (AvgIpc) is 2.99. The number of hydrogen-bond acceptors (Lipinski definition) is 4. The van der Waals surface area contributed by atoms with Crippen LogP contribution in [0.25, 0.3) is 10.6 Å². The standard InChI is InChI=1S/C17H14N2O2S/c20-17(14-10-15(21-19-14)16-7-4-8-22-16)18-13-9-12(13)11-5-2-1-3-6-11/h1-8,10,12-13H,9H2,(H,18,20)/t12-,13?/m1/s1. The van der Waals surface area contributed by atoms with Crippen LogP contribution in [0.15, 0.2) is 58.4 Å². The molecule has 1 aliphatic rings. The van der Waals surface area contributed by atoms with E-state index >= 15 is 0 Å². The molecular formula is C17H14N2O2S. The summed E-state index contributed by atoms with van der Waals surface area (Å²) >= 11 is 1.56. The second kappa shape index (κ2) is 5.42. The topological polar surface area (TPSA) is 55.1 Å². The zero-order valence-electron chi connectivity index (χ0n) is 11.7. The van der Waals surface area contributed by atoms with Crippen LogP contribution in [0.1, 0.15) is 28.4 Å². The first-order chi connectivity index (χ1) is 10.8. The van der Waals surface area contributed by atoms with E-state index in [-0.39, 0.29) is 11.9 Å². The van der Waals surface area contributed by atoms with Gasteiger partial charge in [0.1, 0.15) is 0 Å². The quantitative estimate of drug-likeness (QED) is 0.799. The summed E-state index contributed by atoms with van der Waals surface area (Å²) in [7, 11) is 0. The molecule has 0 aliphatic heterocycles. The highest BCUT2D eigenvalue weighted by Crippen LogP contribution is 2.40. The van der Waals surface area contributed by atoms with E-state index in [4.69, 9.17) is 4.52 Å². The van der Waals surface area contributed by atoms with Crippen LogP contribution < -0.4 is 5.32 Å². The highest BCUT2D eigenvalue weighted by molar-refractivity contribution is 7.13. The fraction of sp³-hybridized carbons (Fsp3) is 0.176. The molecule has 2 heterocycles. The van der Waals surface area contributed by atoms with E-state index in [0.717, 1.165) is 11.3 Å². The number of carbonyl (C=O) groups excluding carboxylic acids is 1. The van der Waals surface area contributed by atoms with Gasteiger partial charge >= 0.3 is 0 Å². The fourth-order valence-electron chi connectivity index (χ4n) is 2.58. The predicted octanol–water partition coefficient (Wildman–Crippen LogP) is 3.69. The number of thiophene rings is 1. The van der Waals surface area contributed by atoms with Crippen molar-refractivity contribution in [1.29, 1.82) is 0 Å². The third-order valence-electron chi connectivity index (χ3n) is 3.84. The van der Waals surface area contributed by atoms with Gasteiger partial charge in [-0.1, -0.05) is 41.6 Å². The minimum Gasteiger partial charge on any atom is -0.355 e. The van der Waals surface area contributed by atoms with E-state index in [9.17, 15) is 4.79 Å². The van der Waals surface area contributed by atoms with Crippen molar-refractivity contribution in [2.24, 2.45) is 0 Å². The number of carbonyl (C=O) groups is 1. The molecule has 5 heteroatoms. The van der Waals surface area contributed by atoms with Gasteiger partial charge in [-0.25, -0.2) is 0 Å². The zero-order valence-corrected chi connectivity index (χ0v) is 12.5. The number of aromatic nitrogens is 1. The normalized spacial score (nSPS) is 19.8. The Bertz CT molecular complexity index is 780. The molecule has 4 nitrogen and oxygen atoms in total. The highest BCUT2D eigenvalue weighted by atomic mass is 32.1. The Morgan fingerprint density at radius 2 is 2.09 bits per heavy atom. The van der Waals surface area contributed by atoms with E-state index in [1.807, 2.05) is 35.7 Å². The van der Waals surface area contributed by atoms with Gasteiger partial charge in [-0.3, -0.25) is 4.79 Å². The maximum absolute atomic E-state index is 12.2. The van der Waals surface area contributed by atoms with Crippen LogP contribution in [-0.4, -0.2) is 17.1 Å². The summed E-state index contributed by atoms with van der Waals surface area (Å²) in [6.45, 7) is 0. The molecule has 2 aromatic heterocycles. The Hall–Kier alpha value is -2.40. The second-order valence-electron chi connectivity index (χ2n) is 5.39. The lowest BCUT2D eigenvalue weighted by Crippen LogP contribution is -2.26. The van der Waals surface area contributed by atoms with Crippen LogP contribution in [0.4, 0.5) is 0 Å². The molecule has 0 radical (unpaired) electrons. The van der Waals surface area contributed by atoms with Crippen LogP contribution in [0.3, 0.4) is 0 Å². The SMILES string of the molecule is O=C(NC1C[C@@H]1c1ccccc1)c1cc(-c2cccs2)on1. The number of benzene rings is 1. The fourth-order valence-corrected chi connectivity index (χ4v) is 3.26. The van der Waals surface area contributed by atoms with Gasteiger partial charge in [-0.05, 0) is 23.4 Å². The second-order valence-corrected chi connectivity index (χ2v) is 6.33. The van der Waals surface area contributed by atoms with Crippen LogP contribution in [-0.2, 0) is 0 Å². The van der Waals surface area contributed by atoms with Gasteiger partial charge in [0.15, 0.2) is 11.5 Å². The molecule has 22 heavy (non-hydrogen) atoms. The Morgan fingerprint density at radius 3 is 2.86 bits per heavy atom. The van der Waals surface area contributed by atoms with Gasteiger partial charge < -0.3 is 9.84 Å². The lowest BCUT2D eigenvalue weighted by atomic mass is 10.1. The van der Waals surface area contributed by atoms with Gasteiger partial charge in [0.2, 0.25) is 0 Å². The van der Waals surface area contributed by atoms with Crippen LogP contribution in [0.5, 0.6) is 0 Å². The number of hydrogen-bond donors (Lipinski definition) is 1. The molecule has 1 unspecified atom stereocenters. The molecule has 0 bridgehead atoms. The van der Waals surface area contributed by atoms with E-state index in [0.29, 0.717) is 17.4 Å². The number of nitrogens with zero attached hydrogens (tertiary/aromatic N) is 1. The van der Waals surface area contributed by atoms with Gasteiger partial charge in [-0.15, -0.1) is 11.3 Å². The molecule has 2 atom stereocenters. The Balaban J connectivity index is 1.41. The van der Waals surface area contributed by atoms with Crippen LogP contribution in [0, 0.1) is 0 Å². The first kappa shape index (κ1) is 13.3. The molecule has 0 spiro atoms. The highest BCUT2D eigenvalue weighted by Gasteiger charge is 2.39. The van der Waals surface area contributed by atoms with E-state index in [1.54, 1.807) is 17.4 Å². The summed E-state index contributed by atoms with van der Waals surface area (Å²) < 4.78 is 5.24. The predicted molar refractivity (Wildman–Crippen MR) is 84.9 cm³/mol. The number of amides is 1. The minimum atomic E-state index is -0.171. The summed E-state index contributed by atoms with van der Waals surface area (Å²) in [5.41, 5.74) is 1.61. The molecule has 1 amide bonds. The van der Waals surface area contributed by atoms with Gasteiger partial charge in [0.25, 0.3) is 5.91 Å². The zero-order chi connectivity index (χ0) is 14.9. The van der Waals surface area contributed by atoms with Crippen molar-refractivity contribution in [2.45, 2.75) is 18.4 Å². The molecule has 3 aromatic rings. The maximum Gasteiger partial charge on any atom is 0.273 e.